The minimum absolute atomic E-state index is 0.00552. The molecule has 0 aliphatic carbocycles. The highest BCUT2D eigenvalue weighted by atomic mass is 16.6. The SMILES string of the molecule is C=C(C)C(=O)OCc1cc(-c2ccc(CCCCC)cc2)ccc1OCCOC(=O)C(=C)CN=O. The van der Waals surface area contributed by atoms with Crippen molar-refractivity contribution in [3.8, 4) is 16.9 Å². The maximum Gasteiger partial charge on any atom is 0.335 e. The van der Waals surface area contributed by atoms with Crippen molar-refractivity contribution in [1.29, 1.82) is 0 Å². The summed E-state index contributed by atoms with van der Waals surface area (Å²) in [5.74, 6) is -0.685. The van der Waals surface area contributed by atoms with Crippen molar-refractivity contribution < 1.29 is 23.8 Å². The van der Waals surface area contributed by atoms with E-state index < -0.39 is 11.9 Å². The van der Waals surface area contributed by atoms with Gasteiger partial charge in [0.1, 0.15) is 32.1 Å². The lowest BCUT2D eigenvalue weighted by Gasteiger charge is -2.14. The molecular formula is C28H33NO6. The number of benzene rings is 2. The molecule has 0 N–H and O–H groups in total. The first-order valence-electron chi connectivity index (χ1n) is 11.7. The Bertz CT molecular complexity index is 1040. The third-order valence-electron chi connectivity index (χ3n) is 5.24. The molecule has 0 amide bonds. The molecule has 35 heavy (non-hydrogen) atoms. The molecule has 7 nitrogen and oxygen atoms in total. The van der Waals surface area contributed by atoms with E-state index in [1.165, 1.54) is 24.8 Å². The molecule has 2 aromatic rings. The van der Waals surface area contributed by atoms with Gasteiger partial charge < -0.3 is 14.2 Å². The molecule has 186 valence electrons. The van der Waals surface area contributed by atoms with Crippen LogP contribution < -0.4 is 4.74 Å². The van der Waals surface area contributed by atoms with E-state index in [4.69, 9.17) is 14.2 Å². The first-order chi connectivity index (χ1) is 16.8. The minimum atomic E-state index is -0.697. The van der Waals surface area contributed by atoms with Gasteiger partial charge in [0.05, 0.1) is 5.57 Å². The Kier molecular flexibility index (Phi) is 11.4. The molecular weight excluding hydrogens is 446 g/mol. The Hall–Kier alpha value is -3.74. The predicted molar refractivity (Wildman–Crippen MR) is 136 cm³/mol. The Labute approximate surface area is 206 Å². The van der Waals surface area contributed by atoms with E-state index in [1.54, 1.807) is 13.0 Å². The van der Waals surface area contributed by atoms with Gasteiger partial charge >= 0.3 is 11.9 Å². The molecule has 0 spiro atoms. The zero-order valence-corrected chi connectivity index (χ0v) is 20.5. The van der Waals surface area contributed by atoms with Crippen molar-refractivity contribution in [3.05, 3.63) is 82.8 Å². The summed E-state index contributed by atoms with van der Waals surface area (Å²) in [7, 11) is 0. The fourth-order valence-electron chi connectivity index (χ4n) is 3.25. The van der Waals surface area contributed by atoms with Crippen molar-refractivity contribution in [3.63, 3.8) is 0 Å². The fraction of sp³-hybridized carbons (Fsp3) is 0.357. The van der Waals surface area contributed by atoms with E-state index in [0.29, 0.717) is 16.9 Å². The second-order valence-electron chi connectivity index (χ2n) is 8.21. The number of hydrogen-bond donors (Lipinski definition) is 0. The summed E-state index contributed by atoms with van der Waals surface area (Å²) in [6.07, 6.45) is 4.66. The van der Waals surface area contributed by atoms with Crippen LogP contribution >= 0.6 is 0 Å². The van der Waals surface area contributed by atoms with E-state index in [1.807, 2.05) is 12.1 Å². The first-order valence-corrected chi connectivity index (χ1v) is 11.7. The van der Waals surface area contributed by atoms with Gasteiger partial charge in [-0.3, -0.25) is 0 Å². The molecule has 7 heteroatoms. The van der Waals surface area contributed by atoms with Crippen LogP contribution in [0.1, 0.15) is 44.2 Å². The molecule has 0 aliphatic rings. The summed E-state index contributed by atoms with van der Waals surface area (Å²) in [5, 5.41) is 2.62. The first kappa shape index (κ1) is 27.5. The molecule has 0 aromatic heterocycles. The molecule has 0 saturated carbocycles. The number of unbranched alkanes of at least 4 members (excludes halogenated alkanes) is 2. The van der Waals surface area contributed by atoms with Crippen LogP contribution in [-0.2, 0) is 32.1 Å². The number of ether oxygens (including phenoxy) is 3. The molecule has 0 atom stereocenters. The molecule has 0 unspecified atom stereocenters. The monoisotopic (exact) mass is 479 g/mol. The number of carbonyl (C=O) groups excluding carboxylic acids is 2. The van der Waals surface area contributed by atoms with Gasteiger partial charge in [-0.15, -0.1) is 0 Å². The highest BCUT2D eigenvalue weighted by molar-refractivity contribution is 5.88. The Morgan fingerprint density at radius 1 is 0.914 bits per heavy atom. The maximum atomic E-state index is 11.9. The van der Waals surface area contributed by atoms with Gasteiger partial charge in [0.25, 0.3) is 0 Å². The molecule has 2 rings (SSSR count). The van der Waals surface area contributed by atoms with E-state index in [0.717, 1.165) is 17.5 Å². The maximum absolute atomic E-state index is 11.9. The largest absolute Gasteiger partial charge is 0.490 e. The Morgan fingerprint density at radius 2 is 1.63 bits per heavy atom. The topological polar surface area (TPSA) is 91.3 Å². The van der Waals surface area contributed by atoms with Gasteiger partial charge in [0.2, 0.25) is 0 Å². The number of carbonyl (C=O) groups is 2. The fourth-order valence-corrected chi connectivity index (χ4v) is 3.25. The summed E-state index contributed by atoms with van der Waals surface area (Å²) in [4.78, 5) is 33.9. The third-order valence-corrected chi connectivity index (χ3v) is 5.24. The minimum Gasteiger partial charge on any atom is -0.490 e. The number of esters is 2. The van der Waals surface area contributed by atoms with Crippen molar-refractivity contribution >= 4 is 11.9 Å². The van der Waals surface area contributed by atoms with Crippen molar-refractivity contribution in [2.75, 3.05) is 19.8 Å². The van der Waals surface area contributed by atoms with E-state index in [-0.39, 0.29) is 31.9 Å². The highest BCUT2D eigenvalue weighted by Crippen LogP contribution is 2.28. The van der Waals surface area contributed by atoms with E-state index >= 15 is 0 Å². The number of rotatable bonds is 15. The molecule has 0 radical (unpaired) electrons. The molecule has 0 saturated heterocycles. The van der Waals surface area contributed by atoms with Gasteiger partial charge in [-0.25, -0.2) is 9.59 Å². The second-order valence-corrected chi connectivity index (χ2v) is 8.21. The van der Waals surface area contributed by atoms with Gasteiger partial charge in [-0.1, -0.05) is 68.4 Å². The van der Waals surface area contributed by atoms with Crippen LogP contribution in [-0.4, -0.2) is 31.7 Å². The average Bonchev–Trinajstić information content (AvgIpc) is 2.86. The second kappa shape index (κ2) is 14.5. The van der Waals surface area contributed by atoms with E-state index in [9.17, 15) is 14.5 Å². The van der Waals surface area contributed by atoms with Gasteiger partial charge in [-0.05, 0) is 48.6 Å². The van der Waals surface area contributed by atoms with Crippen molar-refractivity contribution in [2.45, 2.75) is 46.1 Å². The zero-order valence-electron chi connectivity index (χ0n) is 20.5. The Morgan fingerprint density at radius 3 is 2.29 bits per heavy atom. The third kappa shape index (κ3) is 9.20. The molecule has 0 bridgehead atoms. The van der Waals surface area contributed by atoms with Gasteiger partial charge in [0.15, 0.2) is 0 Å². The summed E-state index contributed by atoms with van der Waals surface area (Å²) >= 11 is 0. The number of hydrogen-bond acceptors (Lipinski definition) is 7. The summed E-state index contributed by atoms with van der Waals surface area (Å²) in [6, 6.07) is 14.1. The van der Waals surface area contributed by atoms with Crippen LogP contribution in [0.2, 0.25) is 0 Å². The number of nitroso groups, excluding NO2 is 1. The summed E-state index contributed by atoms with van der Waals surface area (Å²) < 4.78 is 16.1. The standard InChI is InChI=1S/C28H33NO6/c1-5-6-7-8-22-9-11-23(12-10-22)24-13-14-26(25(17-24)19-35-27(30)20(2)3)33-15-16-34-28(31)21(4)18-29-32/h9-14,17H,2,4-8,15-16,18-19H2,1,3H3. The van der Waals surface area contributed by atoms with Crippen LogP contribution in [0, 0.1) is 4.91 Å². The van der Waals surface area contributed by atoms with Crippen molar-refractivity contribution in [1.82, 2.24) is 0 Å². The molecule has 0 fully saturated rings. The Balaban J connectivity index is 2.10. The van der Waals surface area contributed by atoms with E-state index in [2.05, 4.69) is 49.5 Å². The van der Waals surface area contributed by atoms with Gasteiger partial charge in [-0.2, -0.15) is 4.91 Å². The van der Waals surface area contributed by atoms with Gasteiger partial charge in [0, 0.05) is 11.1 Å². The van der Waals surface area contributed by atoms with Crippen LogP contribution in [0.3, 0.4) is 0 Å². The summed E-state index contributed by atoms with van der Waals surface area (Å²) in [5.41, 5.74) is 4.26. The van der Waals surface area contributed by atoms with Crippen LogP contribution in [0.15, 0.2) is 71.9 Å². The lowest BCUT2D eigenvalue weighted by atomic mass is 9.99. The molecule has 0 aliphatic heterocycles. The normalized spacial score (nSPS) is 10.3. The molecule has 0 heterocycles. The predicted octanol–water partition coefficient (Wildman–Crippen LogP) is 5.95. The van der Waals surface area contributed by atoms with Crippen LogP contribution in [0.25, 0.3) is 11.1 Å². The summed E-state index contributed by atoms with van der Waals surface area (Å²) in [6.45, 7) is 10.5. The lowest BCUT2D eigenvalue weighted by molar-refractivity contribution is -0.141. The van der Waals surface area contributed by atoms with Crippen molar-refractivity contribution in [2.24, 2.45) is 5.18 Å². The number of aryl methyl sites for hydroxylation is 1. The smallest absolute Gasteiger partial charge is 0.335 e. The zero-order chi connectivity index (χ0) is 25.6. The quantitative estimate of drug-likeness (QED) is 0.136. The number of nitrogens with zero attached hydrogens (tertiary/aromatic N) is 1. The van der Waals surface area contributed by atoms with Crippen LogP contribution in [0.5, 0.6) is 5.75 Å². The highest BCUT2D eigenvalue weighted by Gasteiger charge is 2.12. The lowest BCUT2D eigenvalue weighted by Crippen LogP contribution is -2.15. The molecule has 2 aromatic carbocycles. The van der Waals surface area contributed by atoms with Crippen LogP contribution in [0.4, 0.5) is 0 Å². The average molecular weight is 480 g/mol.